The van der Waals surface area contributed by atoms with E-state index in [-0.39, 0.29) is 5.91 Å². The molecule has 6 heteroatoms. The van der Waals surface area contributed by atoms with E-state index in [1.54, 1.807) is 20.5 Å². The van der Waals surface area contributed by atoms with Gasteiger partial charge in [0, 0.05) is 17.8 Å². The van der Waals surface area contributed by atoms with Gasteiger partial charge in [-0.1, -0.05) is 6.07 Å². The minimum Gasteiger partial charge on any atom is -0.493 e. The largest absolute Gasteiger partial charge is 0.493 e. The Bertz CT molecular complexity index is 889. The van der Waals surface area contributed by atoms with Crippen molar-refractivity contribution in [3.63, 3.8) is 0 Å². The number of carbonyl (C=O) groups is 1. The summed E-state index contributed by atoms with van der Waals surface area (Å²) in [6.45, 7) is 0.615. The van der Waals surface area contributed by atoms with E-state index in [2.05, 4.69) is 10.6 Å². The summed E-state index contributed by atoms with van der Waals surface area (Å²) in [6.07, 6.45) is 2.65. The van der Waals surface area contributed by atoms with Crippen molar-refractivity contribution >= 4 is 17.3 Å². The van der Waals surface area contributed by atoms with E-state index >= 15 is 0 Å². The molecule has 2 N–H and O–H groups in total. The summed E-state index contributed by atoms with van der Waals surface area (Å²) in [5.41, 5.74) is 2.74. The third kappa shape index (κ3) is 5.30. The van der Waals surface area contributed by atoms with Crippen LogP contribution in [0.25, 0.3) is 0 Å². The Kier molecular flexibility index (Phi) is 6.57. The van der Waals surface area contributed by atoms with Crippen molar-refractivity contribution in [2.24, 2.45) is 0 Å². The van der Waals surface area contributed by atoms with Crippen molar-refractivity contribution in [3.8, 4) is 11.5 Å². The predicted molar refractivity (Wildman–Crippen MR) is 109 cm³/mol. The third-order valence-electron chi connectivity index (χ3n) is 4.30. The van der Waals surface area contributed by atoms with E-state index in [0.29, 0.717) is 30.9 Å². The normalized spacial score (nSPS) is 10.4. The van der Waals surface area contributed by atoms with Crippen LogP contribution in [-0.4, -0.2) is 20.1 Å². The fourth-order valence-electron chi connectivity index (χ4n) is 2.79. The van der Waals surface area contributed by atoms with Gasteiger partial charge in [0.15, 0.2) is 11.5 Å². The number of nitrogens with one attached hydrogen (secondary N) is 2. The Labute approximate surface area is 164 Å². The molecule has 3 rings (SSSR count). The topological polar surface area (TPSA) is 72.7 Å². The second kappa shape index (κ2) is 9.50. The van der Waals surface area contributed by atoms with Crippen LogP contribution < -0.4 is 20.1 Å². The molecule has 1 amide bonds. The molecule has 0 unspecified atom stereocenters. The van der Waals surface area contributed by atoms with Crippen LogP contribution in [0.2, 0.25) is 0 Å². The average molecular weight is 380 g/mol. The van der Waals surface area contributed by atoms with Crippen LogP contribution in [0.4, 0.5) is 11.4 Å². The molecule has 0 radical (unpaired) electrons. The van der Waals surface area contributed by atoms with Crippen molar-refractivity contribution in [2.45, 2.75) is 19.4 Å². The molecular formula is C22H24N2O4. The summed E-state index contributed by atoms with van der Waals surface area (Å²) in [4.78, 5) is 12.2. The molecular weight excluding hydrogens is 356 g/mol. The van der Waals surface area contributed by atoms with Crippen molar-refractivity contribution in [1.29, 1.82) is 0 Å². The summed E-state index contributed by atoms with van der Waals surface area (Å²) in [5, 5.41) is 6.18. The minimum atomic E-state index is -0.0360. The van der Waals surface area contributed by atoms with Crippen LogP contribution in [0.5, 0.6) is 11.5 Å². The fourth-order valence-corrected chi connectivity index (χ4v) is 2.79. The maximum atomic E-state index is 12.2. The van der Waals surface area contributed by atoms with Crippen LogP contribution in [0.3, 0.4) is 0 Å². The monoisotopic (exact) mass is 380 g/mol. The Hall–Kier alpha value is -3.41. The summed E-state index contributed by atoms with van der Waals surface area (Å²) in [6, 6.07) is 17.1. The lowest BCUT2D eigenvalue weighted by atomic mass is 10.1. The first-order chi connectivity index (χ1) is 13.7. The maximum absolute atomic E-state index is 12.2. The predicted octanol–water partition coefficient (Wildman–Crippen LogP) is 4.48. The van der Waals surface area contributed by atoms with Crippen LogP contribution in [0.15, 0.2) is 65.3 Å². The van der Waals surface area contributed by atoms with Crippen molar-refractivity contribution in [1.82, 2.24) is 0 Å². The molecule has 0 fully saturated rings. The first-order valence-electron chi connectivity index (χ1n) is 9.05. The van der Waals surface area contributed by atoms with Crippen molar-refractivity contribution in [3.05, 3.63) is 72.2 Å². The van der Waals surface area contributed by atoms with Gasteiger partial charge < -0.3 is 24.5 Å². The number of furan rings is 1. The van der Waals surface area contributed by atoms with Gasteiger partial charge in [-0.05, 0) is 60.5 Å². The molecule has 0 saturated carbocycles. The van der Waals surface area contributed by atoms with E-state index < -0.39 is 0 Å². The van der Waals surface area contributed by atoms with E-state index in [1.807, 2.05) is 54.6 Å². The van der Waals surface area contributed by atoms with E-state index in [1.165, 1.54) is 0 Å². The molecule has 0 saturated heterocycles. The van der Waals surface area contributed by atoms with Gasteiger partial charge in [-0.3, -0.25) is 4.79 Å². The number of ether oxygens (including phenoxy) is 2. The number of carbonyl (C=O) groups excluding carboxylic acids is 1. The molecule has 0 aliphatic rings. The molecule has 0 spiro atoms. The molecule has 28 heavy (non-hydrogen) atoms. The SMILES string of the molecule is COc1ccc(CCC(=O)Nc2ccc(NCc3ccco3)cc2)cc1OC. The summed E-state index contributed by atoms with van der Waals surface area (Å²) in [7, 11) is 3.20. The molecule has 3 aromatic rings. The number of aryl methyl sites for hydroxylation is 1. The minimum absolute atomic E-state index is 0.0360. The van der Waals surface area contributed by atoms with Gasteiger partial charge in [-0.15, -0.1) is 0 Å². The van der Waals surface area contributed by atoms with Crippen LogP contribution >= 0.6 is 0 Å². The Morgan fingerprint density at radius 3 is 2.39 bits per heavy atom. The number of methoxy groups -OCH3 is 2. The standard InChI is InChI=1S/C22H24N2O4/c1-26-20-11-5-16(14-21(20)27-2)6-12-22(25)24-18-9-7-17(8-10-18)23-15-19-4-3-13-28-19/h3-5,7-11,13-14,23H,6,12,15H2,1-2H3,(H,24,25). The van der Waals surface area contributed by atoms with Crippen molar-refractivity contribution in [2.75, 3.05) is 24.9 Å². The Morgan fingerprint density at radius 1 is 0.964 bits per heavy atom. The van der Waals surface area contributed by atoms with Gasteiger partial charge in [-0.25, -0.2) is 0 Å². The fraction of sp³-hybridized carbons (Fsp3) is 0.227. The number of anilines is 2. The number of amides is 1. The zero-order chi connectivity index (χ0) is 19.8. The van der Waals surface area contributed by atoms with Crippen LogP contribution in [-0.2, 0) is 17.8 Å². The number of hydrogen-bond donors (Lipinski definition) is 2. The van der Waals surface area contributed by atoms with Gasteiger partial charge in [0.2, 0.25) is 5.91 Å². The highest BCUT2D eigenvalue weighted by atomic mass is 16.5. The zero-order valence-electron chi connectivity index (χ0n) is 16.0. The van der Waals surface area contributed by atoms with Gasteiger partial charge in [-0.2, -0.15) is 0 Å². The van der Waals surface area contributed by atoms with E-state index in [0.717, 1.165) is 22.7 Å². The molecule has 6 nitrogen and oxygen atoms in total. The van der Waals surface area contributed by atoms with Crippen LogP contribution in [0.1, 0.15) is 17.7 Å². The Balaban J connectivity index is 1.48. The molecule has 0 atom stereocenters. The third-order valence-corrected chi connectivity index (χ3v) is 4.30. The highest BCUT2D eigenvalue weighted by Gasteiger charge is 2.07. The molecule has 146 valence electrons. The lowest BCUT2D eigenvalue weighted by Gasteiger charge is -2.10. The van der Waals surface area contributed by atoms with Gasteiger partial charge in [0.05, 0.1) is 27.0 Å². The number of hydrogen-bond acceptors (Lipinski definition) is 5. The lowest BCUT2D eigenvalue weighted by Crippen LogP contribution is -2.12. The molecule has 0 aliphatic heterocycles. The molecule has 1 aromatic heterocycles. The first-order valence-corrected chi connectivity index (χ1v) is 9.05. The summed E-state index contributed by atoms with van der Waals surface area (Å²) >= 11 is 0. The summed E-state index contributed by atoms with van der Waals surface area (Å²) in [5.74, 6) is 2.17. The number of benzene rings is 2. The molecule has 0 aliphatic carbocycles. The van der Waals surface area contributed by atoms with E-state index in [4.69, 9.17) is 13.9 Å². The first kappa shape index (κ1) is 19.4. The molecule has 2 aromatic carbocycles. The smallest absolute Gasteiger partial charge is 0.224 e. The zero-order valence-corrected chi connectivity index (χ0v) is 16.0. The lowest BCUT2D eigenvalue weighted by molar-refractivity contribution is -0.116. The average Bonchev–Trinajstić information content (AvgIpc) is 3.25. The van der Waals surface area contributed by atoms with Gasteiger partial charge >= 0.3 is 0 Å². The maximum Gasteiger partial charge on any atom is 0.224 e. The van der Waals surface area contributed by atoms with Crippen LogP contribution in [0, 0.1) is 0 Å². The highest BCUT2D eigenvalue weighted by molar-refractivity contribution is 5.91. The number of rotatable bonds is 9. The molecule has 1 heterocycles. The van der Waals surface area contributed by atoms with Crippen molar-refractivity contribution < 1.29 is 18.7 Å². The highest BCUT2D eigenvalue weighted by Crippen LogP contribution is 2.28. The quantitative estimate of drug-likeness (QED) is 0.573. The Morgan fingerprint density at radius 2 is 1.71 bits per heavy atom. The second-order valence-corrected chi connectivity index (χ2v) is 6.25. The summed E-state index contributed by atoms with van der Waals surface area (Å²) < 4.78 is 15.8. The van der Waals surface area contributed by atoms with Gasteiger partial charge in [0.25, 0.3) is 0 Å². The van der Waals surface area contributed by atoms with Gasteiger partial charge in [0.1, 0.15) is 5.76 Å². The van der Waals surface area contributed by atoms with E-state index in [9.17, 15) is 4.79 Å². The second-order valence-electron chi connectivity index (χ2n) is 6.25. The molecule has 0 bridgehead atoms.